The van der Waals surface area contributed by atoms with E-state index in [1.54, 1.807) is 0 Å². The molecule has 2 bridgehead atoms. The lowest BCUT2D eigenvalue weighted by atomic mass is 9.69. The average molecular weight is 238 g/mol. The second-order valence-electron chi connectivity index (χ2n) is 6.18. The van der Waals surface area contributed by atoms with Gasteiger partial charge in [0.05, 0.1) is 6.10 Å². The Morgan fingerprint density at radius 2 is 2.19 bits per heavy atom. The van der Waals surface area contributed by atoms with Gasteiger partial charge in [-0.3, -0.25) is 0 Å². The highest BCUT2D eigenvalue weighted by Crippen LogP contribution is 2.69. The number of hydrogen-bond acceptors (Lipinski definition) is 2. The minimum Gasteiger partial charge on any atom is -0.360 e. The van der Waals surface area contributed by atoms with Gasteiger partial charge in [-0.15, -0.1) is 11.8 Å². The first-order valence-electron chi connectivity index (χ1n) is 6.50. The van der Waals surface area contributed by atoms with Gasteiger partial charge in [0.2, 0.25) is 0 Å². The molecular weight excluding hydrogens is 216 g/mol. The van der Waals surface area contributed by atoms with Gasteiger partial charge in [-0.1, -0.05) is 26.0 Å². The summed E-state index contributed by atoms with van der Waals surface area (Å²) in [4.78, 5) is 0. The molecule has 0 N–H and O–H groups in total. The predicted octanol–water partition coefficient (Wildman–Crippen LogP) is 3.85. The van der Waals surface area contributed by atoms with Crippen molar-refractivity contribution in [2.24, 2.45) is 16.7 Å². The van der Waals surface area contributed by atoms with Crippen LogP contribution in [0.5, 0.6) is 0 Å². The standard InChI is InChI=1S/C14H22OS/c1-4-5-12-15-11-8-10-6-7-14(11,9-16-12)13(10,2)3/h4-5,10-12H,6-9H2,1-3H3/b5-4+/t10-,11-,12-,14-/m1/s1. The number of thioether (sulfide) groups is 1. The van der Waals surface area contributed by atoms with Gasteiger partial charge in [0.1, 0.15) is 5.44 Å². The van der Waals surface area contributed by atoms with Crippen molar-refractivity contribution >= 4 is 11.8 Å². The van der Waals surface area contributed by atoms with E-state index in [-0.39, 0.29) is 0 Å². The van der Waals surface area contributed by atoms with E-state index in [2.05, 4.69) is 32.9 Å². The maximum atomic E-state index is 6.29. The third-order valence-electron chi connectivity index (χ3n) is 5.51. The maximum absolute atomic E-state index is 6.29. The van der Waals surface area contributed by atoms with E-state index in [9.17, 15) is 0 Å². The van der Waals surface area contributed by atoms with Crippen molar-refractivity contribution in [3.05, 3.63) is 12.2 Å². The Labute approximate surface area is 103 Å². The Morgan fingerprint density at radius 3 is 2.88 bits per heavy atom. The van der Waals surface area contributed by atoms with Gasteiger partial charge in [-0.05, 0) is 37.5 Å². The number of allylic oxidation sites excluding steroid dienone is 1. The maximum Gasteiger partial charge on any atom is 0.121 e. The van der Waals surface area contributed by atoms with Crippen LogP contribution in [0, 0.1) is 16.7 Å². The smallest absolute Gasteiger partial charge is 0.121 e. The van der Waals surface area contributed by atoms with Crippen LogP contribution in [0.4, 0.5) is 0 Å². The number of fused-ring (bicyclic) bond motifs is 1. The molecule has 0 radical (unpaired) electrons. The van der Waals surface area contributed by atoms with Crippen LogP contribution in [-0.2, 0) is 4.74 Å². The van der Waals surface area contributed by atoms with E-state index in [1.165, 1.54) is 25.0 Å². The Bertz CT molecular complexity index is 323. The van der Waals surface area contributed by atoms with Crippen LogP contribution in [0.3, 0.4) is 0 Å². The van der Waals surface area contributed by atoms with Crippen molar-refractivity contribution in [2.75, 3.05) is 5.75 Å². The van der Waals surface area contributed by atoms with Crippen molar-refractivity contribution < 1.29 is 4.74 Å². The summed E-state index contributed by atoms with van der Waals surface area (Å²) in [6.45, 7) is 7.04. The normalized spacial score (nSPS) is 49.8. The fourth-order valence-corrected chi connectivity index (χ4v) is 5.87. The molecule has 2 aliphatic carbocycles. The van der Waals surface area contributed by atoms with Crippen LogP contribution in [-0.4, -0.2) is 17.3 Å². The van der Waals surface area contributed by atoms with Crippen LogP contribution in [0.2, 0.25) is 0 Å². The monoisotopic (exact) mass is 238 g/mol. The van der Waals surface area contributed by atoms with Crippen LogP contribution < -0.4 is 0 Å². The molecule has 90 valence electrons. The lowest BCUT2D eigenvalue weighted by Crippen LogP contribution is -2.46. The molecule has 0 unspecified atom stereocenters. The molecule has 3 fully saturated rings. The number of rotatable bonds is 1. The quantitative estimate of drug-likeness (QED) is 0.642. The highest BCUT2D eigenvalue weighted by molar-refractivity contribution is 8.00. The molecular formula is C14H22OS. The zero-order valence-corrected chi connectivity index (χ0v) is 11.3. The third-order valence-corrected chi connectivity index (χ3v) is 6.79. The van der Waals surface area contributed by atoms with Crippen molar-refractivity contribution in [3.63, 3.8) is 0 Å². The first kappa shape index (κ1) is 11.2. The Hall–Kier alpha value is 0.0500. The lowest BCUT2D eigenvalue weighted by molar-refractivity contribution is -0.0532. The van der Waals surface area contributed by atoms with Crippen LogP contribution in [0.15, 0.2) is 12.2 Å². The zero-order chi connectivity index (χ0) is 11.4. The van der Waals surface area contributed by atoms with Crippen LogP contribution in [0.1, 0.15) is 40.0 Å². The minimum absolute atomic E-state index is 0.316. The Balaban J connectivity index is 1.86. The van der Waals surface area contributed by atoms with Crippen molar-refractivity contribution in [3.8, 4) is 0 Å². The van der Waals surface area contributed by atoms with Crippen molar-refractivity contribution in [1.29, 1.82) is 0 Å². The number of ether oxygens (including phenoxy) is 1. The first-order chi connectivity index (χ1) is 7.60. The average Bonchev–Trinajstić information content (AvgIpc) is 2.62. The van der Waals surface area contributed by atoms with Crippen LogP contribution >= 0.6 is 11.8 Å². The molecule has 1 aliphatic heterocycles. The van der Waals surface area contributed by atoms with Crippen LogP contribution in [0.25, 0.3) is 0 Å². The SMILES string of the molecule is C/C=C/[C@@H]1O[C@@H]2C[C@H]3CC[C@]2(CS1)C3(C)C. The summed E-state index contributed by atoms with van der Waals surface area (Å²) in [5.41, 5.74) is 1.31. The van der Waals surface area contributed by atoms with E-state index >= 15 is 0 Å². The summed E-state index contributed by atoms with van der Waals surface area (Å²) in [6, 6.07) is 0. The lowest BCUT2D eigenvalue weighted by Gasteiger charge is -2.46. The molecule has 2 heteroatoms. The predicted molar refractivity (Wildman–Crippen MR) is 69.5 cm³/mol. The molecule has 0 aromatic heterocycles. The third kappa shape index (κ3) is 1.23. The van der Waals surface area contributed by atoms with E-state index < -0.39 is 0 Å². The summed E-state index contributed by atoms with van der Waals surface area (Å²) >= 11 is 2.01. The van der Waals surface area contributed by atoms with E-state index in [0.29, 0.717) is 22.4 Å². The molecule has 3 aliphatic rings. The van der Waals surface area contributed by atoms with E-state index in [0.717, 1.165) is 5.92 Å². The van der Waals surface area contributed by atoms with Gasteiger partial charge in [0.25, 0.3) is 0 Å². The van der Waals surface area contributed by atoms with Crippen molar-refractivity contribution in [2.45, 2.75) is 51.6 Å². The highest BCUT2D eigenvalue weighted by atomic mass is 32.2. The zero-order valence-electron chi connectivity index (χ0n) is 10.5. The molecule has 1 heterocycles. The van der Waals surface area contributed by atoms with Crippen molar-refractivity contribution in [1.82, 2.24) is 0 Å². The molecule has 4 atom stereocenters. The summed E-state index contributed by atoms with van der Waals surface area (Å²) in [5.74, 6) is 2.21. The molecule has 16 heavy (non-hydrogen) atoms. The largest absolute Gasteiger partial charge is 0.360 e. The highest BCUT2D eigenvalue weighted by Gasteiger charge is 2.65. The molecule has 0 aromatic carbocycles. The topological polar surface area (TPSA) is 9.23 Å². The second kappa shape index (κ2) is 3.52. The minimum atomic E-state index is 0.316. The summed E-state index contributed by atoms with van der Waals surface area (Å²) in [7, 11) is 0. The van der Waals surface area contributed by atoms with Gasteiger partial charge in [0.15, 0.2) is 0 Å². The summed E-state index contributed by atoms with van der Waals surface area (Å²) in [6.07, 6.45) is 8.99. The molecule has 1 saturated heterocycles. The molecule has 0 aromatic rings. The van der Waals surface area contributed by atoms with Gasteiger partial charge < -0.3 is 4.74 Å². The number of hydrogen-bond donors (Lipinski definition) is 0. The Kier molecular flexibility index (Phi) is 2.46. The summed E-state index contributed by atoms with van der Waals surface area (Å²) in [5, 5.41) is 0. The first-order valence-corrected chi connectivity index (χ1v) is 7.55. The van der Waals surface area contributed by atoms with E-state index in [4.69, 9.17) is 4.74 Å². The molecule has 1 spiro atoms. The molecule has 1 nitrogen and oxygen atoms in total. The molecule has 0 amide bonds. The molecule has 2 saturated carbocycles. The van der Waals surface area contributed by atoms with Gasteiger partial charge in [-0.25, -0.2) is 0 Å². The molecule has 3 rings (SSSR count). The fraction of sp³-hybridized carbons (Fsp3) is 0.857. The van der Waals surface area contributed by atoms with E-state index in [1.807, 2.05) is 11.8 Å². The van der Waals surface area contributed by atoms with Gasteiger partial charge in [0, 0.05) is 11.2 Å². The van der Waals surface area contributed by atoms with Gasteiger partial charge >= 0.3 is 0 Å². The second-order valence-corrected chi connectivity index (χ2v) is 7.27. The van der Waals surface area contributed by atoms with Gasteiger partial charge in [-0.2, -0.15) is 0 Å². The Morgan fingerprint density at radius 1 is 1.38 bits per heavy atom. The fourth-order valence-electron chi connectivity index (χ4n) is 4.22. The summed E-state index contributed by atoms with van der Waals surface area (Å²) < 4.78 is 6.29.